The standard InChI is InChI=1S/C61H77N5O15/c1-11-42(39-33-50(76-8)54(78-10)51(34-39)77-9)56(70)65-29-13-12-17-46(65)59(73)81-47(23-18-37-19-24-48(74-6)49(31-37)75-7)38-15-14-16-41(32-38)79-36-53(68)62-28-26-61(4,5)80-30-27-60(2,3)64-40-20-21-43-44(35-40)58(72)66(57(43)71)45-22-25-52(67)63-55(45)69/h14-16,19-21,24,31-35,42,45-47,64H,11-13,17-18,22-23,25-30,36H2,1-10H3,(H,62,68)(H,63,67,69)/t42-,45?,46-,47+/m0/s1. The van der Waals surface area contributed by atoms with Gasteiger partial charge < -0.3 is 53.4 Å². The maximum atomic E-state index is 14.6. The van der Waals surface area contributed by atoms with Crippen LogP contribution in [0.1, 0.15) is 142 Å². The first kappa shape index (κ1) is 60.8. The normalized spacial score (nSPS) is 17.1. The van der Waals surface area contributed by atoms with E-state index in [4.69, 9.17) is 37.9 Å². The molecule has 0 aliphatic carbocycles. The Morgan fingerprint density at radius 2 is 1.47 bits per heavy atom. The van der Waals surface area contributed by atoms with Gasteiger partial charge in [0.1, 0.15) is 23.9 Å². The zero-order valence-corrected chi connectivity index (χ0v) is 48.2. The van der Waals surface area contributed by atoms with Crippen molar-refractivity contribution in [1.29, 1.82) is 0 Å². The molecule has 2 saturated heterocycles. The molecular formula is C61H77N5O15. The van der Waals surface area contributed by atoms with Gasteiger partial charge >= 0.3 is 5.97 Å². The molecule has 3 heterocycles. The van der Waals surface area contributed by atoms with Gasteiger partial charge in [0.25, 0.3) is 17.7 Å². The minimum Gasteiger partial charge on any atom is -0.493 e. The van der Waals surface area contributed by atoms with Crippen molar-refractivity contribution in [3.8, 4) is 34.5 Å². The number of methoxy groups -OCH3 is 5. The van der Waals surface area contributed by atoms with Crippen LogP contribution in [0.2, 0.25) is 0 Å². The first-order valence-corrected chi connectivity index (χ1v) is 27.5. The van der Waals surface area contributed by atoms with E-state index in [1.807, 2.05) is 58.9 Å². The van der Waals surface area contributed by atoms with E-state index in [-0.39, 0.29) is 42.4 Å². The average molecular weight is 1120 g/mol. The van der Waals surface area contributed by atoms with Gasteiger partial charge in [0.05, 0.1) is 58.2 Å². The molecule has 20 nitrogen and oxygen atoms in total. The Bertz CT molecular complexity index is 2930. The minimum absolute atomic E-state index is 0.0387. The summed E-state index contributed by atoms with van der Waals surface area (Å²) in [5.74, 6) is -1.11. The van der Waals surface area contributed by atoms with Gasteiger partial charge in [-0.1, -0.05) is 25.1 Å². The number of nitrogens with one attached hydrogen (secondary N) is 3. The van der Waals surface area contributed by atoms with Crippen LogP contribution in [0.3, 0.4) is 0 Å². The molecule has 0 radical (unpaired) electrons. The zero-order chi connectivity index (χ0) is 58.6. The molecule has 4 aromatic rings. The van der Waals surface area contributed by atoms with Gasteiger partial charge in [-0.2, -0.15) is 0 Å². The zero-order valence-electron chi connectivity index (χ0n) is 48.2. The Morgan fingerprint density at radius 3 is 2.15 bits per heavy atom. The van der Waals surface area contributed by atoms with Crippen molar-refractivity contribution in [3.05, 3.63) is 101 Å². The second kappa shape index (κ2) is 27.1. The van der Waals surface area contributed by atoms with E-state index in [2.05, 4.69) is 16.0 Å². The number of rotatable bonds is 27. The van der Waals surface area contributed by atoms with Crippen molar-refractivity contribution in [1.82, 2.24) is 20.4 Å². The highest BCUT2D eigenvalue weighted by Crippen LogP contribution is 2.42. The van der Waals surface area contributed by atoms with Crippen LogP contribution in [0.15, 0.2) is 72.8 Å². The van der Waals surface area contributed by atoms with Crippen molar-refractivity contribution in [2.24, 2.45) is 0 Å². The van der Waals surface area contributed by atoms with Gasteiger partial charge in [-0.15, -0.1) is 0 Å². The van der Waals surface area contributed by atoms with E-state index in [9.17, 15) is 33.6 Å². The second-order valence-electron chi connectivity index (χ2n) is 21.7. The summed E-state index contributed by atoms with van der Waals surface area (Å²) in [5.41, 5.74) is 2.13. The lowest BCUT2D eigenvalue weighted by atomic mass is 9.91. The summed E-state index contributed by atoms with van der Waals surface area (Å²) in [4.78, 5) is 95.7. The van der Waals surface area contributed by atoms with E-state index >= 15 is 0 Å². The molecule has 0 saturated carbocycles. The number of esters is 1. The summed E-state index contributed by atoms with van der Waals surface area (Å²) in [6.45, 7) is 10.6. The molecule has 1 unspecified atom stereocenters. The van der Waals surface area contributed by atoms with Crippen LogP contribution in [-0.2, 0) is 39.9 Å². The van der Waals surface area contributed by atoms with Crippen LogP contribution in [0.25, 0.3) is 0 Å². The molecule has 81 heavy (non-hydrogen) atoms. The monoisotopic (exact) mass is 1120 g/mol. The molecule has 7 rings (SSSR count). The van der Waals surface area contributed by atoms with Crippen LogP contribution in [0.5, 0.6) is 34.5 Å². The van der Waals surface area contributed by atoms with Gasteiger partial charge in [-0.3, -0.25) is 39.0 Å². The third kappa shape index (κ3) is 14.9. The molecule has 0 bridgehead atoms. The molecule has 3 N–H and O–H groups in total. The number of hydrogen-bond donors (Lipinski definition) is 3. The lowest BCUT2D eigenvalue weighted by Gasteiger charge is -2.37. The molecule has 20 heteroatoms. The number of ether oxygens (including phenoxy) is 8. The number of amides is 6. The maximum absolute atomic E-state index is 14.6. The number of nitrogens with zero attached hydrogens (tertiary/aromatic N) is 2. The second-order valence-corrected chi connectivity index (χ2v) is 21.7. The molecule has 3 aliphatic heterocycles. The summed E-state index contributed by atoms with van der Waals surface area (Å²) >= 11 is 0. The fourth-order valence-electron chi connectivity index (χ4n) is 10.5. The van der Waals surface area contributed by atoms with Crippen molar-refractivity contribution >= 4 is 47.1 Å². The molecule has 3 aliphatic rings. The fourth-order valence-corrected chi connectivity index (χ4v) is 10.5. The number of benzene rings is 4. The van der Waals surface area contributed by atoms with E-state index in [0.717, 1.165) is 23.3 Å². The number of carbonyl (C=O) groups is 7. The highest BCUT2D eigenvalue weighted by atomic mass is 16.5. The smallest absolute Gasteiger partial charge is 0.329 e. The number of imide groups is 2. The van der Waals surface area contributed by atoms with Crippen LogP contribution >= 0.6 is 0 Å². The highest BCUT2D eigenvalue weighted by Gasteiger charge is 2.45. The summed E-state index contributed by atoms with van der Waals surface area (Å²) in [5, 5.41) is 8.57. The van der Waals surface area contributed by atoms with E-state index in [0.29, 0.717) is 110 Å². The van der Waals surface area contributed by atoms with E-state index < -0.39 is 64.8 Å². The predicted molar refractivity (Wildman–Crippen MR) is 300 cm³/mol. The lowest BCUT2D eigenvalue weighted by Crippen LogP contribution is -2.54. The number of piperidine rings is 2. The predicted octanol–water partition coefficient (Wildman–Crippen LogP) is 7.88. The van der Waals surface area contributed by atoms with Crippen LogP contribution in [-0.4, -0.2) is 136 Å². The van der Waals surface area contributed by atoms with Crippen molar-refractivity contribution in [3.63, 3.8) is 0 Å². The first-order valence-electron chi connectivity index (χ1n) is 27.5. The number of likely N-dealkylation sites (tertiary alicyclic amines) is 1. The Balaban J connectivity index is 0.940. The van der Waals surface area contributed by atoms with Crippen molar-refractivity contribution < 1.29 is 71.5 Å². The molecule has 0 aromatic heterocycles. The Labute approximate surface area is 473 Å². The number of aryl methyl sites for hydroxylation is 1. The highest BCUT2D eigenvalue weighted by molar-refractivity contribution is 6.23. The number of hydrogen-bond acceptors (Lipinski definition) is 16. The Morgan fingerprint density at radius 1 is 0.753 bits per heavy atom. The fraction of sp³-hybridized carbons (Fsp3) is 0.492. The summed E-state index contributed by atoms with van der Waals surface area (Å²) in [6.07, 6.45) is 3.62. The molecule has 0 spiro atoms. The topological polar surface area (TPSA) is 236 Å². The number of carbonyl (C=O) groups excluding carboxylic acids is 7. The quantitative estimate of drug-likeness (QED) is 0.0380. The van der Waals surface area contributed by atoms with E-state index in [1.54, 1.807) is 67.7 Å². The van der Waals surface area contributed by atoms with Crippen LogP contribution in [0, 0.1) is 0 Å². The summed E-state index contributed by atoms with van der Waals surface area (Å²) in [7, 11) is 7.70. The van der Waals surface area contributed by atoms with Gasteiger partial charge in [0.2, 0.25) is 23.5 Å². The van der Waals surface area contributed by atoms with Gasteiger partial charge in [0.15, 0.2) is 29.6 Å². The van der Waals surface area contributed by atoms with Gasteiger partial charge in [0, 0.05) is 37.3 Å². The molecule has 2 fully saturated rings. The molecule has 4 atom stereocenters. The van der Waals surface area contributed by atoms with Crippen molar-refractivity contribution in [2.75, 3.05) is 67.2 Å². The van der Waals surface area contributed by atoms with Gasteiger partial charge in [-0.05, 0) is 157 Å². The maximum Gasteiger partial charge on any atom is 0.329 e. The largest absolute Gasteiger partial charge is 0.493 e. The van der Waals surface area contributed by atoms with E-state index in [1.165, 1.54) is 21.3 Å². The molecule has 4 aromatic carbocycles. The minimum atomic E-state index is -1.05. The molecule has 436 valence electrons. The Kier molecular flexibility index (Phi) is 20.3. The Hall–Kier alpha value is -7.87. The third-order valence-corrected chi connectivity index (χ3v) is 15.0. The van der Waals surface area contributed by atoms with Gasteiger partial charge in [-0.25, -0.2) is 4.79 Å². The van der Waals surface area contributed by atoms with Crippen molar-refractivity contribution in [2.45, 2.75) is 134 Å². The number of fused-ring (bicyclic) bond motifs is 1. The summed E-state index contributed by atoms with van der Waals surface area (Å²) < 4.78 is 46.5. The first-order chi connectivity index (χ1) is 38.7. The molecule has 6 amide bonds. The number of anilines is 1. The van der Waals surface area contributed by atoms with Crippen LogP contribution in [0.4, 0.5) is 5.69 Å². The van der Waals surface area contributed by atoms with Crippen LogP contribution < -0.4 is 44.4 Å². The third-order valence-electron chi connectivity index (χ3n) is 15.0. The lowest BCUT2D eigenvalue weighted by molar-refractivity contribution is -0.162. The molecular weight excluding hydrogens is 1040 g/mol. The SMILES string of the molecule is CC[C@H](C(=O)N1CCCC[C@H]1C(=O)O[C@H](CCc1ccc(OC)c(OC)c1)c1cccc(OCC(=O)NCCC(C)(C)OCCC(C)(C)Nc2ccc3c(c2)C(=O)N(C2CCC(=O)NC2=O)C3=O)c1)c1cc(OC)c(OC)c(OC)c1. The summed E-state index contributed by atoms with van der Waals surface area (Å²) in [6, 6.07) is 19.3. The average Bonchev–Trinajstić information content (AvgIpc) is 3.88.